The topological polar surface area (TPSA) is 352 Å². The van der Waals surface area contributed by atoms with Crippen LogP contribution >= 0.6 is 0 Å². The van der Waals surface area contributed by atoms with Crippen LogP contribution in [0.25, 0.3) is 0 Å². The zero-order chi connectivity index (χ0) is 30.8. The van der Waals surface area contributed by atoms with Crippen LogP contribution in [0.3, 0.4) is 0 Å². The van der Waals surface area contributed by atoms with Crippen molar-refractivity contribution in [2.24, 2.45) is 0 Å². The number of methoxy groups -OCH3 is 1. The van der Waals surface area contributed by atoms with Crippen LogP contribution in [0, 0.1) is 0 Å². The molecule has 0 aromatic heterocycles. The van der Waals surface area contributed by atoms with E-state index in [4.69, 9.17) is 32.6 Å². The first-order valence-electron chi connectivity index (χ1n) is 9.79. The molecule has 1 saturated heterocycles. The first-order valence-corrected chi connectivity index (χ1v) is 15.3. The average Bonchev–Trinajstić information content (AvgIpc) is 2.73. The first-order chi connectivity index (χ1) is 18.0. The first kappa shape index (κ1) is 34.5. The molecule has 8 atom stereocenters. The molecule has 0 amide bonds. The maximum atomic E-state index is 11.8. The molecular formula is C13H21NO22S4. The summed E-state index contributed by atoms with van der Waals surface area (Å²) in [5.41, 5.74) is 0. The van der Waals surface area contributed by atoms with Gasteiger partial charge in [-0.15, -0.1) is 0 Å². The summed E-state index contributed by atoms with van der Waals surface area (Å²) in [4.78, 5) is 11.8. The highest BCUT2D eigenvalue weighted by Gasteiger charge is 2.54. The van der Waals surface area contributed by atoms with Crippen LogP contribution in [-0.2, 0) is 77.8 Å². The van der Waals surface area contributed by atoms with Crippen LogP contribution in [0.4, 0.5) is 0 Å². The number of nitrogens with one attached hydrogen (secondary N) is 1. The molecule has 0 aromatic carbocycles. The molecule has 2 aliphatic rings. The van der Waals surface area contributed by atoms with Gasteiger partial charge < -0.3 is 29.2 Å². The molecular weight excluding hydrogens is 650 g/mol. The molecule has 40 heavy (non-hydrogen) atoms. The van der Waals surface area contributed by atoms with Crippen molar-refractivity contribution >= 4 is 47.5 Å². The predicted octanol–water partition coefficient (Wildman–Crippen LogP) is -4.61. The summed E-state index contributed by atoms with van der Waals surface area (Å²) in [6.07, 6.45) is -15.8. The van der Waals surface area contributed by atoms with Crippen molar-refractivity contribution in [2.45, 2.75) is 49.1 Å². The summed E-state index contributed by atoms with van der Waals surface area (Å²) in [5.74, 6) is -2.80. The normalized spacial score (nSPS) is 32.2. The minimum Gasteiger partial charge on any atom is -0.479 e. The van der Waals surface area contributed by atoms with Crippen LogP contribution in [-0.4, -0.2) is 131 Å². The Morgan fingerprint density at radius 1 is 0.925 bits per heavy atom. The Balaban J connectivity index is 2.58. The number of hydrogen-bond donors (Lipinski definition) is 7. The number of hydrogen-bond acceptors (Lipinski definition) is 17. The van der Waals surface area contributed by atoms with Gasteiger partial charge in [0.05, 0.1) is 0 Å². The number of rotatable bonds is 13. The fraction of sp³-hybridized carbons (Fsp3) is 0.769. The molecule has 0 aliphatic carbocycles. The zero-order valence-electron chi connectivity index (χ0n) is 19.3. The molecule has 0 radical (unpaired) electrons. The van der Waals surface area contributed by atoms with E-state index in [0.29, 0.717) is 6.08 Å². The lowest BCUT2D eigenvalue weighted by Gasteiger charge is -2.44. The fourth-order valence-corrected chi connectivity index (χ4v) is 5.11. The molecule has 0 saturated carbocycles. The van der Waals surface area contributed by atoms with E-state index < -0.39 is 109 Å². The molecule has 1 fully saturated rings. The summed E-state index contributed by atoms with van der Waals surface area (Å²) in [6, 6.07) is -2.34. The van der Waals surface area contributed by atoms with Gasteiger partial charge in [0.15, 0.2) is 18.5 Å². The Bertz CT molecular complexity index is 1390. The minimum absolute atomic E-state index is 0.454. The third-order valence-electron chi connectivity index (χ3n) is 4.65. The van der Waals surface area contributed by atoms with Gasteiger partial charge in [-0.1, -0.05) is 0 Å². The SMILES string of the molecule is COC1OC(C(=O)O)C(OC2OC(COS(=O)(=O)O)=CC(OS(=O)(=O)O)C2NS(=O)(=O)O)C(O)C1OS(=O)(=O)O. The van der Waals surface area contributed by atoms with Gasteiger partial charge in [0.1, 0.15) is 36.7 Å². The monoisotopic (exact) mass is 671 g/mol. The van der Waals surface area contributed by atoms with Crippen LogP contribution in [0.1, 0.15) is 0 Å². The maximum absolute atomic E-state index is 11.8. The van der Waals surface area contributed by atoms with E-state index in [0.717, 1.165) is 7.11 Å². The van der Waals surface area contributed by atoms with Crippen LogP contribution in [0.15, 0.2) is 11.8 Å². The number of aliphatic carboxylic acids is 1. The lowest BCUT2D eigenvalue weighted by Crippen LogP contribution is -2.65. The van der Waals surface area contributed by atoms with Gasteiger partial charge >= 0.3 is 47.5 Å². The van der Waals surface area contributed by atoms with Gasteiger partial charge in [0, 0.05) is 7.11 Å². The fourth-order valence-electron chi connectivity index (χ4n) is 3.32. The van der Waals surface area contributed by atoms with Crippen molar-refractivity contribution < 1.29 is 98.4 Å². The molecule has 0 bridgehead atoms. The molecule has 23 nitrogen and oxygen atoms in total. The number of aliphatic hydroxyl groups is 1. The predicted molar refractivity (Wildman–Crippen MR) is 116 cm³/mol. The second kappa shape index (κ2) is 12.7. The van der Waals surface area contributed by atoms with Crippen molar-refractivity contribution in [3.8, 4) is 0 Å². The summed E-state index contributed by atoms with van der Waals surface area (Å²) in [6.45, 7) is -1.30. The number of aliphatic hydroxyl groups excluding tert-OH is 1. The van der Waals surface area contributed by atoms with Gasteiger partial charge in [-0.05, 0) is 6.08 Å². The molecule has 0 aromatic rings. The Labute approximate surface area is 225 Å². The Morgan fingerprint density at radius 3 is 1.95 bits per heavy atom. The van der Waals surface area contributed by atoms with Crippen molar-refractivity contribution in [3.05, 3.63) is 11.8 Å². The highest BCUT2D eigenvalue weighted by molar-refractivity contribution is 7.83. The van der Waals surface area contributed by atoms with Crippen LogP contribution in [0.5, 0.6) is 0 Å². The van der Waals surface area contributed by atoms with Gasteiger partial charge in [-0.2, -0.15) is 38.4 Å². The molecule has 7 N–H and O–H groups in total. The summed E-state index contributed by atoms with van der Waals surface area (Å²) in [5, 5.41) is 20.2. The second-order valence-corrected chi connectivity index (χ2v) is 11.9. The molecule has 27 heteroatoms. The third-order valence-corrected chi connectivity index (χ3v) is 6.57. The Morgan fingerprint density at radius 2 is 1.50 bits per heavy atom. The lowest BCUT2D eigenvalue weighted by molar-refractivity contribution is -0.312. The van der Waals surface area contributed by atoms with Crippen LogP contribution < -0.4 is 4.72 Å². The molecule has 2 heterocycles. The standard InChI is InChI=1S/C13H21NO22S4/c1-30-13-9(36-40(27,28)29)7(15)8(10(34-13)11(16)17)33-12-6(14-37(18,19)20)5(35-39(24,25)26)2-4(32-12)3-31-38(21,22)23/h2,5-10,12-15H,3H2,1H3,(H,16,17)(H,18,19,20)(H,21,22,23)(H,24,25,26)(H,27,28,29). The van der Waals surface area contributed by atoms with E-state index in [1.807, 2.05) is 0 Å². The van der Waals surface area contributed by atoms with Crippen molar-refractivity contribution in [2.75, 3.05) is 13.7 Å². The number of ether oxygens (including phenoxy) is 4. The summed E-state index contributed by atoms with van der Waals surface area (Å²) >= 11 is 0. The average molecular weight is 672 g/mol. The molecule has 2 rings (SSSR count). The second-order valence-electron chi connectivity index (χ2n) is 7.50. The largest absolute Gasteiger partial charge is 0.479 e. The van der Waals surface area contributed by atoms with Crippen molar-refractivity contribution in [1.82, 2.24) is 4.72 Å². The van der Waals surface area contributed by atoms with Crippen LogP contribution in [0.2, 0.25) is 0 Å². The van der Waals surface area contributed by atoms with E-state index >= 15 is 0 Å². The van der Waals surface area contributed by atoms with E-state index in [2.05, 4.69) is 12.5 Å². The molecule has 2 aliphatic heterocycles. The Kier molecular flexibility index (Phi) is 10.9. The van der Waals surface area contributed by atoms with E-state index in [-0.39, 0.29) is 0 Å². The summed E-state index contributed by atoms with van der Waals surface area (Å²) in [7, 11) is -20.6. The van der Waals surface area contributed by atoms with E-state index in [1.54, 1.807) is 0 Å². The number of carbonyl (C=O) groups is 1. The summed E-state index contributed by atoms with van der Waals surface area (Å²) < 4.78 is 160. The number of carboxylic acids is 1. The van der Waals surface area contributed by atoms with Crippen molar-refractivity contribution in [3.63, 3.8) is 0 Å². The molecule has 234 valence electrons. The smallest absolute Gasteiger partial charge is 0.397 e. The highest BCUT2D eigenvalue weighted by atomic mass is 32.3. The Hall–Kier alpha value is -1.67. The molecule has 0 spiro atoms. The quantitative estimate of drug-likeness (QED) is 0.0905. The third kappa shape index (κ3) is 10.6. The maximum Gasteiger partial charge on any atom is 0.397 e. The van der Waals surface area contributed by atoms with E-state index in [1.165, 1.54) is 4.72 Å². The highest BCUT2D eigenvalue weighted by Crippen LogP contribution is 2.32. The van der Waals surface area contributed by atoms with E-state index in [9.17, 15) is 53.2 Å². The van der Waals surface area contributed by atoms with Gasteiger partial charge in [0.25, 0.3) is 0 Å². The van der Waals surface area contributed by atoms with Gasteiger partial charge in [0.2, 0.25) is 6.29 Å². The van der Waals surface area contributed by atoms with Gasteiger partial charge in [-0.3, -0.25) is 18.2 Å². The minimum atomic E-state index is -5.49. The lowest BCUT2D eigenvalue weighted by atomic mass is 9.98. The number of carboxylic acid groups (broad SMARTS) is 1. The molecule has 8 unspecified atom stereocenters. The van der Waals surface area contributed by atoms with Gasteiger partial charge in [-0.25, -0.2) is 17.3 Å². The zero-order valence-corrected chi connectivity index (χ0v) is 22.5. The van der Waals surface area contributed by atoms with Crippen molar-refractivity contribution in [1.29, 1.82) is 0 Å².